The third-order valence-corrected chi connectivity index (χ3v) is 8.61. The lowest BCUT2D eigenvalue weighted by Crippen LogP contribution is -2.55. The van der Waals surface area contributed by atoms with Crippen molar-refractivity contribution in [2.24, 2.45) is 23.2 Å². The fourth-order valence-electron chi connectivity index (χ4n) is 6.24. The summed E-state index contributed by atoms with van der Waals surface area (Å²) in [5, 5.41) is 14.8. The van der Waals surface area contributed by atoms with Gasteiger partial charge in [0, 0.05) is 5.56 Å². The third-order valence-electron chi connectivity index (χ3n) is 7.37. The highest BCUT2D eigenvalue weighted by molar-refractivity contribution is 7.80. The van der Waals surface area contributed by atoms with Crippen LogP contribution < -0.4 is 10.6 Å². The van der Waals surface area contributed by atoms with Crippen LogP contribution in [0.4, 0.5) is 18.2 Å². The number of carbonyl (C=O) groups excluding carboxylic acids is 3. The minimum atomic E-state index is -5.49. The number of hydrogen-bond acceptors (Lipinski definition) is 8. The molecule has 5 rings (SSSR count). The van der Waals surface area contributed by atoms with E-state index in [4.69, 9.17) is 12.2 Å². The Kier molecular flexibility index (Phi) is 6.64. The fourth-order valence-corrected chi connectivity index (χ4v) is 7.53. The average Bonchev–Trinajstić information content (AvgIpc) is 3.19. The Morgan fingerprint density at radius 2 is 1.63 bits per heavy atom. The van der Waals surface area contributed by atoms with Crippen LogP contribution in [-0.4, -0.2) is 48.5 Å². The van der Waals surface area contributed by atoms with Crippen molar-refractivity contribution >= 4 is 51.5 Å². The molecule has 4 bridgehead atoms. The van der Waals surface area contributed by atoms with E-state index in [0.717, 1.165) is 45.6 Å². The number of esters is 2. The molecule has 0 aromatic carbocycles. The Balaban J connectivity index is 1.60. The summed E-state index contributed by atoms with van der Waals surface area (Å²) in [6.45, 7) is 0. The summed E-state index contributed by atoms with van der Waals surface area (Å²) in [4.78, 5) is 37.0. The highest BCUT2D eigenvalue weighted by atomic mass is 32.1. The summed E-state index contributed by atoms with van der Waals surface area (Å²) in [6, 6.07) is 0.687. The van der Waals surface area contributed by atoms with Crippen molar-refractivity contribution in [2.75, 3.05) is 19.5 Å². The summed E-state index contributed by atoms with van der Waals surface area (Å²) in [6.07, 6.45) is 0.116. The maximum Gasteiger partial charge on any atom is 0.432 e. The molecule has 192 valence electrons. The molecule has 0 spiro atoms. The van der Waals surface area contributed by atoms with Gasteiger partial charge in [0.1, 0.15) is 9.88 Å². The zero-order valence-electron chi connectivity index (χ0n) is 19.0. The van der Waals surface area contributed by atoms with Crippen LogP contribution in [0, 0.1) is 23.2 Å². The Labute approximate surface area is 208 Å². The number of hydrogen-bond donors (Lipinski definition) is 3. The van der Waals surface area contributed by atoms with Gasteiger partial charge in [-0.2, -0.15) is 13.2 Å². The van der Waals surface area contributed by atoms with Crippen molar-refractivity contribution in [1.82, 2.24) is 5.32 Å². The molecule has 8 nitrogen and oxygen atoms in total. The molecule has 4 aliphatic carbocycles. The van der Waals surface area contributed by atoms with Gasteiger partial charge in [-0.3, -0.25) is 4.79 Å². The van der Waals surface area contributed by atoms with Crippen molar-refractivity contribution in [3.05, 3.63) is 16.5 Å². The van der Waals surface area contributed by atoms with Crippen LogP contribution in [0.2, 0.25) is 0 Å². The molecule has 1 aromatic heterocycles. The lowest BCUT2D eigenvalue weighted by Gasteiger charge is -2.55. The highest BCUT2D eigenvalue weighted by Gasteiger charge is 2.63. The van der Waals surface area contributed by atoms with Gasteiger partial charge in [0.15, 0.2) is 5.11 Å². The molecule has 1 atom stereocenters. The summed E-state index contributed by atoms with van der Waals surface area (Å²) in [5.74, 6) is -1.81. The van der Waals surface area contributed by atoms with Crippen molar-refractivity contribution in [1.29, 1.82) is 0 Å². The van der Waals surface area contributed by atoms with Gasteiger partial charge in [0.05, 0.1) is 19.6 Å². The number of aliphatic hydroxyl groups is 1. The monoisotopic (exact) mass is 534 g/mol. The van der Waals surface area contributed by atoms with E-state index >= 15 is 0 Å². The number of rotatable bonds is 5. The Hall–Kier alpha value is -2.25. The molecule has 35 heavy (non-hydrogen) atoms. The quantitative estimate of drug-likeness (QED) is 0.389. The fraction of sp³-hybridized carbons (Fsp3) is 0.636. The number of carbonyl (C=O) groups is 3. The van der Waals surface area contributed by atoms with E-state index in [-0.39, 0.29) is 15.9 Å². The van der Waals surface area contributed by atoms with E-state index in [1.807, 2.05) is 0 Å². The Bertz CT molecular complexity index is 1040. The van der Waals surface area contributed by atoms with Gasteiger partial charge in [-0.25, -0.2) is 9.59 Å². The normalized spacial score (nSPS) is 28.7. The molecule has 4 fully saturated rings. The topological polar surface area (TPSA) is 114 Å². The molecule has 0 aliphatic heterocycles. The van der Waals surface area contributed by atoms with E-state index in [2.05, 4.69) is 20.1 Å². The van der Waals surface area contributed by atoms with Crippen LogP contribution in [0.3, 0.4) is 0 Å². The van der Waals surface area contributed by atoms with Gasteiger partial charge in [-0.05, 0) is 74.6 Å². The number of thiophene rings is 1. The van der Waals surface area contributed by atoms with Gasteiger partial charge in [0.25, 0.3) is 5.60 Å². The number of anilines is 1. The molecule has 0 unspecified atom stereocenters. The molecule has 3 N–H and O–H groups in total. The van der Waals surface area contributed by atoms with Crippen LogP contribution >= 0.6 is 23.6 Å². The second-order valence-electron chi connectivity index (χ2n) is 9.65. The number of methoxy groups -OCH3 is 2. The minimum absolute atomic E-state index is 0.292. The highest BCUT2D eigenvalue weighted by Crippen LogP contribution is 2.60. The van der Waals surface area contributed by atoms with E-state index in [1.54, 1.807) is 0 Å². The summed E-state index contributed by atoms with van der Waals surface area (Å²) < 4.78 is 50.4. The molecule has 0 radical (unpaired) electrons. The first-order chi connectivity index (χ1) is 16.3. The smallest absolute Gasteiger partial charge is 0.432 e. The number of nitrogens with one attached hydrogen (secondary N) is 2. The van der Waals surface area contributed by atoms with Crippen molar-refractivity contribution < 1.29 is 42.1 Å². The first kappa shape index (κ1) is 25.8. The molecule has 0 saturated heterocycles. The van der Waals surface area contributed by atoms with E-state index in [9.17, 15) is 32.7 Å². The molecular formula is C22H25F3N2O6S2. The number of halogens is 3. The van der Waals surface area contributed by atoms with E-state index < -0.39 is 39.7 Å². The lowest BCUT2D eigenvalue weighted by atomic mass is 9.49. The van der Waals surface area contributed by atoms with E-state index in [0.29, 0.717) is 42.3 Å². The van der Waals surface area contributed by atoms with Gasteiger partial charge >= 0.3 is 18.1 Å². The standard InChI is InChI=1S/C22H25F3N2O6S2/c1-32-16(28)14-6-13(21(31,18(30)33-2)22(23,24)25)15(35-14)26-19(34)27-17(29)20-7-10-3-11(8-20)5-12(4-10)9-20/h6,10-12,31H,3-5,7-9H2,1-2H3,(H2,26,27,29,34)/t10?,11?,12?,20?,21-/m0/s1. The van der Waals surface area contributed by atoms with Crippen LogP contribution in [0.5, 0.6) is 0 Å². The number of thiocarbonyl (C=S) groups is 1. The predicted octanol–water partition coefficient (Wildman–Crippen LogP) is 3.49. The molecule has 13 heteroatoms. The lowest BCUT2D eigenvalue weighted by molar-refractivity contribution is -0.266. The third kappa shape index (κ3) is 4.42. The second-order valence-corrected chi connectivity index (χ2v) is 11.1. The summed E-state index contributed by atoms with van der Waals surface area (Å²) >= 11 is 5.69. The molecule has 4 aliphatic rings. The first-order valence-electron chi connectivity index (χ1n) is 11.1. The van der Waals surface area contributed by atoms with Crippen molar-refractivity contribution in [3.8, 4) is 0 Å². The molecule has 1 amide bonds. The maximum atomic E-state index is 13.9. The maximum absolute atomic E-state index is 13.9. The van der Waals surface area contributed by atoms with E-state index in [1.165, 1.54) is 0 Å². The van der Waals surface area contributed by atoms with Gasteiger partial charge in [-0.15, -0.1) is 11.3 Å². The van der Waals surface area contributed by atoms with Crippen LogP contribution in [0.1, 0.15) is 53.8 Å². The summed E-state index contributed by atoms with van der Waals surface area (Å²) in [7, 11) is 1.72. The SMILES string of the molecule is COC(=O)c1cc([C@](O)(C(=O)OC)C(F)(F)F)c(NC(=S)NC(=O)C23CC4CC(CC(C4)C2)C3)s1. The largest absolute Gasteiger partial charge is 0.466 e. The number of ether oxygens (including phenoxy) is 2. The van der Waals surface area contributed by atoms with Crippen LogP contribution in [-0.2, 0) is 24.7 Å². The minimum Gasteiger partial charge on any atom is -0.466 e. The van der Waals surface area contributed by atoms with Gasteiger partial charge in [-0.1, -0.05) is 0 Å². The predicted molar refractivity (Wildman–Crippen MR) is 123 cm³/mol. The van der Waals surface area contributed by atoms with Gasteiger partial charge in [0.2, 0.25) is 5.91 Å². The van der Waals surface area contributed by atoms with Crippen molar-refractivity contribution in [2.45, 2.75) is 50.3 Å². The average molecular weight is 535 g/mol. The van der Waals surface area contributed by atoms with Crippen LogP contribution in [0.25, 0.3) is 0 Å². The molecule has 1 aromatic rings. The van der Waals surface area contributed by atoms with Gasteiger partial charge < -0.3 is 25.2 Å². The molecule has 4 saturated carbocycles. The van der Waals surface area contributed by atoms with Crippen LogP contribution in [0.15, 0.2) is 6.07 Å². The molecule has 1 heterocycles. The summed E-state index contributed by atoms with van der Waals surface area (Å²) in [5.41, 5.74) is -5.64. The first-order valence-corrected chi connectivity index (χ1v) is 12.3. The van der Waals surface area contributed by atoms with Crippen molar-refractivity contribution in [3.63, 3.8) is 0 Å². The molecular weight excluding hydrogens is 509 g/mol. The zero-order chi connectivity index (χ0) is 25.8. The zero-order valence-corrected chi connectivity index (χ0v) is 20.6. The Morgan fingerprint density at radius 3 is 2.09 bits per heavy atom. The Morgan fingerprint density at radius 1 is 1.09 bits per heavy atom. The number of alkyl halides is 3. The number of amides is 1. The second kappa shape index (κ2) is 9.00.